The van der Waals surface area contributed by atoms with E-state index in [1.807, 2.05) is 6.07 Å². The number of benzene rings is 2. The highest BCUT2D eigenvalue weighted by molar-refractivity contribution is 6.70. The van der Waals surface area contributed by atoms with Crippen LogP contribution in [0.3, 0.4) is 0 Å². The van der Waals surface area contributed by atoms with Crippen LogP contribution in [0.2, 0.25) is 19.6 Å². The fourth-order valence-electron chi connectivity index (χ4n) is 3.63. The molecule has 168 valence electrons. The van der Waals surface area contributed by atoms with E-state index < -0.39 is 8.32 Å². The van der Waals surface area contributed by atoms with Crippen molar-refractivity contribution in [3.05, 3.63) is 95.9 Å². The maximum absolute atomic E-state index is 6.55. The van der Waals surface area contributed by atoms with Crippen molar-refractivity contribution < 1.29 is 9.16 Å². The molecule has 2 atom stereocenters. The van der Waals surface area contributed by atoms with Crippen molar-refractivity contribution in [1.82, 2.24) is 4.90 Å². The summed E-state index contributed by atoms with van der Waals surface area (Å²) in [6.45, 7) is 14.4. The van der Waals surface area contributed by atoms with Crippen molar-refractivity contribution in [2.45, 2.75) is 65.5 Å². The van der Waals surface area contributed by atoms with Gasteiger partial charge in [-0.1, -0.05) is 72.8 Å². The highest BCUT2D eigenvalue weighted by atomic mass is 28.4. The molecular formula is C27H39NO2Si. The summed E-state index contributed by atoms with van der Waals surface area (Å²) in [4.78, 5) is 2.42. The summed E-state index contributed by atoms with van der Waals surface area (Å²) in [5.74, 6) is 0.960. The molecule has 0 amide bonds. The van der Waals surface area contributed by atoms with Crippen molar-refractivity contribution in [2.24, 2.45) is 0 Å². The molecule has 0 spiro atoms. The van der Waals surface area contributed by atoms with Crippen LogP contribution in [0.5, 0.6) is 0 Å². The van der Waals surface area contributed by atoms with E-state index >= 15 is 0 Å². The number of hydrogen-bond donors (Lipinski definition) is 0. The maximum Gasteiger partial charge on any atom is 0.244 e. The van der Waals surface area contributed by atoms with Gasteiger partial charge in [-0.15, -0.1) is 0 Å². The van der Waals surface area contributed by atoms with Crippen molar-refractivity contribution in [2.75, 3.05) is 6.61 Å². The van der Waals surface area contributed by atoms with Crippen LogP contribution in [0.15, 0.2) is 84.8 Å². The first kappa shape index (κ1) is 25.0. The highest BCUT2D eigenvalue weighted by Crippen LogP contribution is 2.31. The third kappa shape index (κ3) is 8.39. The topological polar surface area (TPSA) is 21.7 Å². The molecule has 0 saturated carbocycles. The zero-order chi connectivity index (χ0) is 22.7. The number of rotatable bonds is 12. The van der Waals surface area contributed by atoms with Gasteiger partial charge in [-0.25, -0.2) is 0 Å². The van der Waals surface area contributed by atoms with E-state index in [-0.39, 0.29) is 12.1 Å². The highest BCUT2D eigenvalue weighted by Gasteiger charge is 2.29. The Bertz CT molecular complexity index is 812. The van der Waals surface area contributed by atoms with Crippen molar-refractivity contribution in [3.8, 4) is 0 Å². The smallest absolute Gasteiger partial charge is 0.244 e. The first-order valence-electron chi connectivity index (χ1n) is 11.3. The van der Waals surface area contributed by atoms with Gasteiger partial charge in [-0.2, -0.15) is 0 Å². The third-order valence-electron chi connectivity index (χ3n) is 5.05. The molecule has 2 rings (SSSR count). The summed E-state index contributed by atoms with van der Waals surface area (Å²) in [6, 6.07) is 21.4. The van der Waals surface area contributed by atoms with E-state index in [1.54, 1.807) is 0 Å². The average Bonchev–Trinajstić information content (AvgIpc) is 2.76. The molecule has 0 N–H and O–H groups in total. The number of allylic oxidation sites excluding steroid dienone is 2. The van der Waals surface area contributed by atoms with Crippen molar-refractivity contribution >= 4 is 8.32 Å². The summed E-state index contributed by atoms with van der Waals surface area (Å²) in [5.41, 5.74) is 2.48. The van der Waals surface area contributed by atoms with E-state index in [1.165, 1.54) is 11.1 Å². The maximum atomic E-state index is 6.55. The Morgan fingerprint density at radius 1 is 0.968 bits per heavy atom. The second-order valence-corrected chi connectivity index (χ2v) is 13.2. The first-order chi connectivity index (χ1) is 14.9. The Hall–Kier alpha value is -2.30. The van der Waals surface area contributed by atoms with Gasteiger partial charge < -0.3 is 14.1 Å². The first-order valence-corrected chi connectivity index (χ1v) is 14.7. The normalized spacial score (nSPS) is 14.5. The van der Waals surface area contributed by atoms with E-state index in [0.29, 0.717) is 13.2 Å². The Morgan fingerprint density at radius 2 is 1.58 bits per heavy atom. The molecule has 0 fully saturated rings. The van der Waals surface area contributed by atoms with E-state index in [0.717, 1.165) is 12.3 Å². The number of hydrogen-bond acceptors (Lipinski definition) is 3. The van der Waals surface area contributed by atoms with E-state index in [4.69, 9.17) is 9.16 Å². The van der Waals surface area contributed by atoms with Crippen LogP contribution < -0.4 is 0 Å². The lowest BCUT2D eigenvalue weighted by Gasteiger charge is -2.40. The Balaban J connectivity index is 2.22. The van der Waals surface area contributed by atoms with Crippen LogP contribution in [0.25, 0.3) is 0 Å². The Kier molecular flexibility index (Phi) is 10.1. The predicted octanol–water partition coefficient (Wildman–Crippen LogP) is 7.31. The van der Waals surface area contributed by atoms with Gasteiger partial charge in [0.15, 0.2) is 5.88 Å². The molecule has 0 unspecified atom stereocenters. The van der Waals surface area contributed by atoms with Crippen LogP contribution in [0.4, 0.5) is 0 Å². The quantitative estimate of drug-likeness (QED) is 0.150. The molecule has 3 nitrogen and oxygen atoms in total. The van der Waals surface area contributed by atoms with Gasteiger partial charge in [-0.05, 0) is 64.0 Å². The summed E-state index contributed by atoms with van der Waals surface area (Å²) in [7, 11) is -1.77. The van der Waals surface area contributed by atoms with E-state index in [2.05, 4.69) is 118 Å². The molecule has 2 aromatic rings. The third-order valence-corrected chi connectivity index (χ3v) is 5.87. The minimum Gasteiger partial charge on any atom is -0.533 e. The molecule has 0 aliphatic heterocycles. The number of nitrogens with zero attached hydrogens (tertiary/aromatic N) is 1. The van der Waals surface area contributed by atoms with Crippen molar-refractivity contribution in [3.63, 3.8) is 0 Å². The van der Waals surface area contributed by atoms with Gasteiger partial charge in [0.1, 0.15) is 0 Å². The monoisotopic (exact) mass is 437 g/mol. The van der Waals surface area contributed by atoms with Crippen LogP contribution >= 0.6 is 0 Å². The van der Waals surface area contributed by atoms with Gasteiger partial charge in [-0.3, -0.25) is 0 Å². The standard InChI is InChI=1S/C27H39NO2Si/c1-7-15-26(20-21-29-22-24-16-11-9-12-17-24)28(27(8-2)30-31(4,5)6)23(3)25-18-13-10-14-19-25/h7-19,23,26H,20-22H2,1-6H3/b15-7+,27-8-/t23-,26-/m1/s1. The molecule has 0 saturated heterocycles. The second-order valence-electron chi connectivity index (χ2n) is 8.76. The van der Waals surface area contributed by atoms with Crippen LogP contribution in [0, 0.1) is 0 Å². The molecule has 0 aromatic heterocycles. The molecule has 0 bridgehead atoms. The Morgan fingerprint density at radius 3 is 2.13 bits per heavy atom. The zero-order valence-corrected chi connectivity index (χ0v) is 21.0. The fraction of sp³-hybridized carbons (Fsp3) is 0.407. The largest absolute Gasteiger partial charge is 0.533 e. The summed E-state index contributed by atoms with van der Waals surface area (Å²) in [6.07, 6.45) is 7.40. The molecule has 31 heavy (non-hydrogen) atoms. The average molecular weight is 438 g/mol. The second kappa shape index (κ2) is 12.5. The van der Waals surface area contributed by atoms with Crippen LogP contribution in [-0.2, 0) is 15.8 Å². The summed E-state index contributed by atoms with van der Waals surface area (Å²) in [5, 5.41) is 0. The molecule has 0 aliphatic carbocycles. The lowest BCUT2D eigenvalue weighted by atomic mass is 10.0. The lowest BCUT2D eigenvalue weighted by molar-refractivity contribution is 0.0801. The van der Waals surface area contributed by atoms with Crippen LogP contribution in [-0.4, -0.2) is 25.9 Å². The lowest BCUT2D eigenvalue weighted by Crippen LogP contribution is -2.40. The zero-order valence-electron chi connectivity index (χ0n) is 20.0. The molecule has 4 heteroatoms. The van der Waals surface area contributed by atoms with Gasteiger partial charge in [0.25, 0.3) is 0 Å². The Labute approximate surface area is 190 Å². The van der Waals surface area contributed by atoms with Crippen LogP contribution in [0.1, 0.15) is 44.4 Å². The summed E-state index contributed by atoms with van der Waals surface area (Å²) >= 11 is 0. The van der Waals surface area contributed by atoms with Crippen molar-refractivity contribution in [1.29, 1.82) is 0 Å². The van der Waals surface area contributed by atoms with Gasteiger partial charge in [0.2, 0.25) is 8.32 Å². The van der Waals surface area contributed by atoms with E-state index in [9.17, 15) is 0 Å². The molecular weight excluding hydrogens is 398 g/mol. The molecule has 0 heterocycles. The fourth-order valence-corrected chi connectivity index (χ4v) is 4.48. The molecule has 0 radical (unpaired) electrons. The minimum atomic E-state index is -1.77. The number of ether oxygens (including phenoxy) is 1. The minimum absolute atomic E-state index is 0.179. The SMILES string of the molecule is C/C=C(\O[Si](C)(C)C)N([C@H](/C=C/C)CCOCc1ccccc1)[C@H](C)c1ccccc1. The van der Waals surface area contributed by atoms with Gasteiger partial charge in [0.05, 0.1) is 18.7 Å². The van der Waals surface area contributed by atoms with Gasteiger partial charge >= 0.3 is 0 Å². The predicted molar refractivity (Wildman–Crippen MR) is 134 cm³/mol. The molecule has 2 aromatic carbocycles. The van der Waals surface area contributed by atoms with Gasteiger partial charge in [0, 0.05) is 6.61 Å². The summed E-state index contributed by atoms with van der Waals surface area (Å²) < 4.78 is 12.6. The molecule has 0 aliphatic rings.